The third kappa shape index (κ3) is 2.82. The molecule has 1 aromatic carbocycles. The van der Waals surface area contributed by atoms with Crippen LogP contribution in [0.2, 0.25) is 0 Å². The van der Waals surface area contributed by atoms with Crippen LogP contribution in [0.15, 0.2) is 24.3 Å². The molecule has 0 bridgehead atoms. The molecule has 1 unspecified atom stereocenters. The number of carbonyl (C=O) groups is 1. The van der Waals surface area contributed by atoms with Crippen LogP contribution in [0.4, 0.5) is 5.69 Å². The van der Waals surface area contributed by atoms with Crippen molar-refractivity contribution in [1.29, 1.82) is 0 Å². The fourth-order valence-electron chi connectivity index (χ4n) is 2.25. The summed E-state index contributed by atoms with van der Waals surface area (Å²) in [4.78, 5) is 13.7. The smallest absolute Gasteiger partial charge is 0.240 e. The molecule has 1 heterocycles. The molecule has 0 radical (unpaired) electrons. The van der Waals surface area contributed by atoms with Gasteiger partial charge in [-0.3, -0.25) is 4.79 Å². The molecule has 1 aromatic rings. The maximum Gasteiger partial charge on any atom is 0.240 e. The molecule has 0 fully saturated rings. The summed E-state index contributed by atoms with van der Waals surface area (Å²) in [6.45, 7) is 1.26. The second kappa shape index (κ2) is 5.56. The lowest BCUT2D eigenvalue weighted by atomic mass is 9.98. The number of nitrogens with zero attached hydrogens (tertiary/aromatic N) is 1. The Labute approximate surface area is 107 Å². The highest BCUT2D eigenvalue weighted by atomic mass is 16.2. The van der Waals surface area contributed by atoms with Gasteiger partial charge in [0.05, 0.1) is 13.1 Å². The molecule has 2 rings (SSSR count). The summed E-state index contributed by atoms with van der Waals surface area (Å²) >= 11 is 0. The third-order valence-corrected chi connectivity index (χ3v) is 2.99. The number of anilines is 1. The van der Waals surface area contributed by atoms with E-state index >= 15 is 0 Å². The predicted molar refractivity (Wildman–Crippen MR) is 72.2 cm³/mol. The number of nitrogens with two attached hydrogens (primary N) is 1. The second-order valence-electron chi connectivity index (χ2n) is 4.45. The van der Waals surface area contributed by atoms with Crippen molar-refractivity contribution in [3.63, 3.8) is 0 Å². The van der Waals surface area contributed by atoms with Gasteiger partial charge in [0, 0.05) is 18.3 Å². The zero-order valence-corrected chi connectivity index (χ0v) is 10.2. The van der Waals surface area contributed by atoms with Gasteiger partial charge in [0.15, 0.2) is 0 Å². The van der Waals surface area contributed by atoms with Crippen LogP contribution in [-0.4, -0.2) is 31.6 Å². The Hall–Kier alpha value is -1.99. The fraction of sp³-hybridized carbons (Fsp3) is 0.357. The lowest BCUT2D eigenvalue weighted by molar-refractivity contribution is -0.119. The van der Waals surface area contributed by atoms with E-state index in [0.717, 1.165) is 12.1 Å². The Morgan fingerprint density at radius 2 is 2.33 bits per heavy atom. The molecule has 0 saturated carbocycles. The summed E-state index contributed by atoms with van der Waals surface area (Å²) in [5.41, 5.74) is 8.30. The van der Waals surface area contributed by atoms with Gasteiger partial charge < -0.3 is 16.0 Å². The minimum absolute atomic E-state index is 0.0698. The molecule has 4 heteroatoms. The van der Waals surface area contributed by atoms with E-state index in [1.165, 1.54) is 5.56 Å². The molecule has 0 aromatic heterocycles. The van der Waals surface area contributed by atoms with E-state index in [4.69, 9.17) is 12.2 Å². The van der Waals surface area contributed by atoms with Crippen molar-refractivity contribution in [1.82, 2.24) is 5.32 Å². The van der Waals surface area contributed by atoms with Crippen LogP contribution in [-0.2, 0) is 11.2 Å². The van der Waals surface area contributed by atoms with Crippen LogP contribution in [0.5, 0.6) is 0 Å². The number of rotatable bonds is 3. The average molecular weight is 243 g/mol. The van der Waals surface area contributed by atoms with Crippen molar-refractivity contribution < 1.29 is 4.79 Å². The van der Waals surface area contributed by atoms with E-state index in [0.29, 0.717) is 13.1 Å². The van der Waals surface area contributed by atoms with Crippen LogP contribution in [0.25, 0.3) is 0 Å². The summed E-state index contributed by atoms with van der Waals surface area (Å²) in [6.07, 6.45) is 5.97. The van der Waals surface area contributed by atoms with Crippen molar-refractivity contribution in [2.45, 2.75) is 12.5 Å². The van der Waals surface area contributed by atoms with Gasteiger partial charge in [0.2, 0.25) is 5.91 Å². The number of fused-ring (bicyclic) bond motifs is 1. The number of benzene rings is 1. The van der Waals surface area contributed by atoms with E-state index in [-0.39, 0.29) is 18.5 Å². The third-order valence-electron chi connectivity index (χ3n) is 2.99. The van der Waals surface area contributed by atoms with E-state index in [1.807, 2.05) is 23.1 Å². The molecular weight excluding hydrogens is 226 g/mol. The standard InChI is InChI=1S/C14H17N3O/c1-2-7-16-14(18)10-17-9-12(15)8-11-5-3-4-6-13(11)17/h1,3-6,12H,7-10,15H2,(H,16,18). The average Bonchev–Trinajstić information content (AvgIpc) is 2.36. The van der Waals surface area contributed by atoms with Crippen LogP contribution < -0.4 is 16.0 Å². The number of carbonyl (C=O) groups excluding carboxylic acids is 1. The maximum absolute atomic E-state index is 11.7. The zero-order chi connectivity index (χ0) is 13.0. The first-order chi connectivity index (χ1) is 8.70. The molecule has 18 heavy (non-hydrogen) atoms. The topological polar surface area (TPSA) is 58.4 Å². The van der Waals surface area contributed by atoms with Crippen molar-refractivity contribution in [3.05, 3.63) is 29.8 Å². The van der Waals surface area contributed by atoms with Gasteiger partial charge in [-0.1, -0.05) is 24.1 Å². The fourth-order valence-corrected chi connectivity index (χ4v) is 2.25. The quantitative estimate of drug-likeness (QED) is 0.742. The number of hydrogen-bond donors (Lipinski definition) is 2. The molecule has 94 valence electrons. The van der Waals surface area contributed by atoms with E-state index in [9.17, 15) is 4.79 Å². The molecule has 1 aliphatic heterocycles. The maximum atomic E-state index is 11.7. The monoisotopic (exact) mass is 243 g/mol. The minimum atomic E-state index is -0.0724. The van der Waals surface area contributed by atoms with E-state index < -0.39 is 0 Å². The van der Waals surface area contributed by atoms with Crippen LogP contribution in [0, 0.1) is 12.3 Å². The SMILES string of the molecule is C#CCNC(=O)CN1CC(N)Cc2ccccc21. The Balaban J connectivity index is 2.09. The van der Waals surface area contributed by atoms with Gasteiger partial charge in [0.25, 0.3) is 0 Å². The van der Waals surface area contributed by atoms with Gasteiger partial charge >= 0.3 is 0 Å². The molecule has 0 saturated heterocycles. The highest BCUT2D eigenvalue weighted by Gasteiger charge is 2.22. The molecule has 4 nitrogen and oxygen atoms in total. The summed E-state index contributed by atoms with van der Waals surface area (Å²) < 4.78 is 0. The summed E-state index contributed by atoms with van der Waals surface area (Å²) in [6, 6.07) is 8.12. The number of para-hydroxylation sites is 1. The van der Waals surface area contributed by atoms with E-state index in [2.05, 4.69) is 17.3 Å². The Morgan fingerprint density at radius 1 is 1.56 bits per heavy atom. The Bertz CT molecular complexity index is 478. The summed E-state index contributed by atoms with van der Waals surface area (Å²) in [7, 11) is 0. The first kappa shape index (κ1) is 12.5. The van der Waals surface area contributed by atoms with E-state index in [1.54, 1.807) is 0 Å². The van der Waals surface area contributed by atoms with Gasteiger partial charge in [-0.05, 0) is 18.1 Å². The molecule has 1 aliphatic rings. The highest BCUT2D eigenvalue weighted by molar-refractivity contribution is 5.82. The first-order valence-corrected chi connectivity index (χ1v) is 5.99. The predicted octanol–water partition coefficient (Wildman–Crippen LogP) is 0.126. The van der Waals surface area contributed by atoms with Crippen molar-refractivity contribution >= 4 is 11.6 Å². The van der Waals surface area contributed by atoms with Crippen LogP contribution in [0.3, 0.4) is 0 Å². The molecule has 0 spiro atoms. The van der Waals surface area contributed by atoms with Crippen molar-refractivity contribution in [2.75, 3.05) is 24.5 Å². The van der Waals surface area contributed by atoms with Crippen LogP contribution >= 0.6 is 0 Å². The van der Waals surface area contributed by atoms with Gasteiger partial charge in [0.1, 0.15) is 0 Å². The minimum Gasteiger partial charge on any atom is -0.360 e. The van der Waals surface area contributed by atoms with Crippen LogP contribution in [0.1, 0.15) is 5.56 Å². The number of amides is 1. The summed E-state index contributed by atoms with van der Waals surface area (Å²) in [5.74, 6) is 2.32. The molecule has 1 atom stereocenters. The highest BCUT2D eigenvalue weighted by Crippen LogP contribution is 2.25. The van der Waals surface area contributed by atoms with Crippen molar-refractivity contribution in [3.8, 4) is 12.3 Å². The Kier molecular flexibility index (Phi) is 3.85. The van der Waals surface area contributed by atoms with Gasteiger partial charge in [-0.2, -0.15) is 0 Å². The summed E-state index contributed by atoms with van der Waals surface area (Å²) in [5, 5.41) is 2.67. The zero-order valence-electron chi connectivity index (χ0n) is 10.2. The largest absolute Gasteiger partial charge is 0.360 e. The van der Waals surface area contributed by atoms with Crippen molar-refractivity contribution in [2.24, 2.45) is 5.73 Å². The molecule has 3 N–H and O–H groups in total. The van der Waals surface area contributed by atoms with Gasteiger partial charge in [-0.15, -0.1) is 6.42 Å². The normalized spacial score (nSPS) is 17.8. The molecular formula is C14H17N3O. The Morgan fingerprint density at radius 3 is 3.11 bits per heavy atom. The first-order valence-electron chi connectivity index (χ1n) is 5.99. The molecule has 0 aliphatic carbocycles. The second-order valence-corrected chi connectivity index (χ2v) is 4.45. The number of terminal acetylenes is 1. The lowest BCUT2D eigenvalue weighted by Crippen LogP contribution is -2.47. The number of nitrogens with one attached hydrogen (secondary N) is 1. The lowest BCUT2D eigenvalue weighted by Gasteiger charge is -2.34. The van der Waals surface area contributed by atoms with Gasteiger partial charge in [-0.25, -0.2) is 0 Å². The number of hydrogen-bond acceptors (Lipinski definition) is 3. The molecule has 1 amide bonds.